The molecule has 186 valence electrons. The third kappa shape index (κ3) is 5.80. The highest BCUT2D eigenvalue weighted by Crippen LogP contribution is 2.30. The maximum atomic E-state index is 13.1. The van der Waals surface area contributed by atoms with E-state index in [-0.39, 0.29) is 38.6 Å². The minimum Gasteiger partial charge on any atom is -0.465 e. The summed E-state index contributed by atoms with van der Waals surface area (Å²) in [6, 6.07) is 6.06. The van der Waals surface area contributed by atoms with E-state index in [0.717, 1.165) is 5.69 Å². The molecule has 0 spiro atoms. The molecule has 1 saturated heterocycles. The number of esters is 3. The summed E-state index contributed by atoms with van der Waals surface area (Å²) in [6.45, 7) is 5.53. The number of ether oxygens (including phenoxy) is 3. The average Bonchev–Trinajstić information content (AvgIpc) is 2.82. The SMILES string of the molecule is CCOC(=O)C(CC(=O)N1CCN(c2ccc([N+](=O)[O-])cc2)CC1)(C(=O)OCC)C(=O)OCC. The van der Waals surface area contributed by atoms with Gasteiger partial charge in [-0.15, -0.1) is 0 Å². The van der Waals surface area contributed by atoms with Crippen molar-refractivity contribution in [2.24, 2.45) is 5.41 Å². The third-order valence-electron chi connectivity index (χ3n) is 5.35. The average molecular weight is 479 g/mol. The van der Waals surface area contributed by atoms with Crippen molar-refractivity contribution in [2.75, 3.05) is 50.9 Å². The highest BCUT2D eigenvalue weighted by molar-refractivity contribution is 6.20. The molecule has 1 aromatic rings. The first-order valence-corrected chi connectivity index (χ1v) is 11.0. The molecule has 0 bridgehead atoms. The molecule has 1 aliphatic rings. The predicted octanol–water partition coefficient (Wildman–Crippen LogP) is 1.31. The van der Waals surface area contributed by atoms with Gasteiger partial charge in [-0.05, 0) is 32.9 Å². The van der Waals surface area contributed by atoms with Gasteiger partial charge >= 0.3 is 17.9 Å². The van der Waals surface area contributed by atoms with Gasteiger partial charge in [0, 0.05) is 44.0 Å². The zero-order chi connectivity index (χ0) is 25.3. The van der Waals surface area contributed by atoms with E-state index in [2.05, 4.69) is 0 Å². The Morgan fingerprint density at radius 2 is 1.29 bits per heavy atom. The fourth-order valence-corrected chi connectivity index (χ4v) is 3.57. The van der Waals surface area contributed by atoms with Crippen molar-refractivity contribution < 1.29 is 38.3 Å². The van der Waals surface area contributed by atoms with Gasteiger partial charge in [-0.2, -0.15) is 0 Å². The zero-order valence-electron chi connectivity index (χ0n) is 19.5. The number of piperazine rings is 1. The van der Waals surface area contributed by atoms with Gasteiger partial charge in [0.25, 0.3) is 11.1 Å². The van der Waals surface area contributed by atoms with Gasteiger partial charge < -0.3 is 24.0 Å². The summed E-state index contributed by atoms with van der Waals surface area (Å²) in [6.07, 6.45) is -0.777. The van der Waals surface area contributed by atoms with Crippen LogP contribution in [0.15, 0.2) is 24.3 Å². The highest BCUT2D eigenvalue weighted by atomic mass is 16.6. The van der Waals surface area contributed by atoms with Gasteiger partial charge in [-0.3, -0.25) is 29.3 Å². The fourth-order valence-electron chi connectivity index (χ4n) is 3.57. The molecular formula is C22H29N3O9. The molecule has 0 N–H and O–H groups in total. The van der Waals surface area contributed by atoms with Crippen molar-refractivity contribution in [3.05, 3.63) is 34.4 Å². The number of anilines is 1. The third-order valence-corrected chi connectivity index (χ3v) is 5.35. The number of hydrogen-bond acceptors (Lipinski definition) is 10. The summed E-state index contributed by atoms with van der Waals surface area (Å²) in [5, 5.41) is 10.8. The summed E-state index contributed by atoms with van der Waals surface area (Å²) >= 11 is 0. The molecule has 34 heavy (non-hydrogen) atoms. The fraction of sp³-hybridized carbons (Fsp3) is 0.545. The molecule has 0 unspecified atom stereocenters. The molecule has 1 aliphatic heterocycles. The number of hydrogen-bond donors (Lipinski definition) is 0. The minimum atomic E-state index is -2.55. The molecule has 12 nitrogen and oxygen atoms in total. The monoisotopic (exact) mass is 479 g/mol. The first kappa shape index (κ1) is 26.6. The zero-order valence-corrected chi connectivity index (χ0v) is 19.5. The van der Waals surface area contributed by atoms with Gasteiger partial charge in [0.15, 0.2) is 0 Å². The van der Waals surface area contributed by atoms with E-state index < -0.39 is 40.6 Å². The van der Waals surface area contributed by atoms with E-state index in [0.29, 0.717) is 13.1 Å². The standard InChI is InChI=1S/C22H29N3O9/c1-4-32-19(27)22(20(28)33-5-2,21(29)34-6-3)15-18(26)24-13-11-23(12-14-24)16-7-9-17(10-8-16)25(30)31/h7-10H,4-6,11-15H2,1-3H3. The lowest BCUT2D eigenvalue weighted by atomic mass is 9.83. The van der Waals surface area contributed by atoms with Crippen molar-refractivity contribution in [3.8, 4) is 0 Å². The molecule has 0 radical (unpaired) electrons. The molecular weight excluding hydrogens is 450 g/mol. The largest absolute Gasteiger partial charge is 0.465 e. The first-order valence-electron chi connectivity index (χ1n) is 11.0. The van der Waals surface area contributed by atoms with E-state index in [1.165, 1.54) is 37.8 Å². The second-order valence-corrected chi connectivity index (χ2v) is 7.38. The molecule has 1 heterocycles. The molecule has 1 fully saturated rings. The quantitative estimate of drug-likeness (QED) is 0.158. The van der Waals surface area contributed by atoms with Gasteiger partial charge in [-0.1, -0.05) is 0 Å². The summed E-state index contributed by atoms with van der Waals surface area (Å²) in [4.78, 5) is 65.2. The van der Waals surface area contributed by atoms with E-state index in [1.54, 1.807) is 12.1 Å². The van der Waals surface area contributed by atoms with Crippen molar-refractivity contribution >= 4 is 35.2 Å². The van der Waals surface area contributed by atoms with Crippen LogP contribution in [-0.2, 0) is 33.4 Å². The van der Waals surface area contributed by atoms with Crippen molar-refractivity contribution in [2.45, 2.75) is 27.2 Å². The molecule has 0 atom stereocenters. The second-order valence-electron chi connectivity index (χ2n) is 7.38. The van der Waals surface area contributed by atoms with Crippen LogP contribution in [0.5, 0.6) is 0 Å². The van der Waals surface area contributed by atoms with Crippen LogP contribution in [-0.4, -0.2) is 79.6 Å². The number of carbonyl (C=O) groups is 4. The van der Waals surface area contributed by atoms with Crippen LogP contribution in [0.4, 0.5) is 11.4 Å². The number of amides is 1. The number of carbonyl (C=O) groups excluding carboxylic acids is 4. The predicted molar refractivity (Wildman–Crippen MR) is 119 cm³/mol. The van der Waals surface area contributed by atoms with E-state index in [9.17, 15) is 29.3 Å². The minimum absolute atomic E-state index is 0.0224. The topological polar surface area (TPSA) is 146 Å². The Bertz CT molecular complexity index is 863. The lowest BCUT2D eigenvalue weighted by Gasteiger charge is -2.37. The van der Waals surface area contributed by atoms with Crippen molar-refractivity contribution in [1.29, 1.82) is 0 Å². The highest BCUT2D eigenvalue weighted by Gasteiger charge is 2.59. The van der Waals surface area contributed by atoms with E-state index in [1.807, 2.05) is 4.90 Å². The van der Waals surface area contributed by atoms with Crippen LogP contribution in [0, 0.1) is 15.5 Å². The maximum Gasteiger partial charge on any atom is 0.335 e. The Labute approximate surface area is 196 Å². The summed E-state index contributed by atoms with van der Waals surface area (Å²) in [5.41, 5.74) is -1.81. The number of nitro groups is 1. The van der Waals surface area contributed by atoms with Crippen LogP contribution in [0.1, 0.15) is 27.2 Å². The second kappa shape index (κ2) is 12.0. The molecule has 2 rings (SSSR count). The number of non-ortho nitro benzene ring substituents is 1. The summed E-state index contributed by atoms with van der Waals surface area (Å²) in [7, 11) is 0. The molecule has 12 heteroatoms. The molecule has 1 aromatic carbocycles. The maximum absolute atomic E-state index is 13.1. The van der Waals surface area contributed by atoms with Crippen LogP contribution in [0.2, 0.25) is 0 Å². The molecule has 0 aromatic heterocycles. The number of rotatable bonds is 10. The summed E-state index contributed by atoms with van der Waals surface area (Å²) in [5.74, 6) is -4.17. The number of benzene rings is 1. The first-order chi connectivity index (χ1) is 16.2. The Hall–Kier alpha value is -3.70. The molecule has 0 aliphatic carbocycles. The lowest BCUT2D eigenvalue weighted by molar-refractivity contribution is -0.384. The van der Waals surface area contributed by atoms with Crippen LogP contribution >= 0.6 is 0 Å². The molecule has 1 amide bonds. The lowest BCUT2D eigenvalue weighted by Crippen LogP contribution is -2.55. The smallest absolute Gasteiger partial charge is 0.335 e. The van der Waals surface area contributed by atoms with Gasteiger partial charge in [0.1, 0.15) is 0 Å². The Kier molecular flexibility index (Phi) is 9.34. The van der Waals surface area contributed by atoms with Crippen LogP contribution in [0.25, 0.3) is 0 Å². The summed E-state index contributed by atoms with van der Waals surface area (Å²) < 4.78 is 14.9. The van der Waals surface area contributed by atoms with E-state index >= 15 is 0 Å². The van der Waals surface area contributed by atoms with Crippen molar-refractivity contribution in [3.63, 3.8) is 0 Å². The Morgan fingerprint density at radius 1 is 0.853 bits per heavy atom. The van der Waals surface area contributed by atoms with Gasteiger partial charge in [-0.25, -0.2) is 0 Å². The van der Waals surface area contributed by atoms with Gasteiger partial charge in [0.2, 0.25) is 5.91 Å². The Balaban J connectivity index is 2.18. The van der Waals surface area contributed by atoms with Crippen LogP contribution < -0.4 is 4.90 Å². The van der Waals surface area contributed by atoms with Gasteiger partial charge in [0.05, 0.1) is 31.2 Å². The number of nitro benzene ring substituents is 1. The van der Waals surface area contributed by atoms with Crippen LogP contribution in [0.3, 0.4) is 0 Å². The Morgan fingerprint density at radius 3 is 1.68 bits per heavy atom. The molecule has 0 saturated carbocycles. The number of nitrogens with zero attached hydrogens (tertiary/aromatic N) is 3. The normalized spacial score (nSPS) is 13.7. The van der Waals surface area contributed by atoms with E-state index in [4.69, 9.17) is 14.2 Å². The van der Waals surface area contributed by atoms with Crippen molar-refractivity contribution in [1.82, 2.24) is 4.90 Å².